The molecule has 2 rings (SSSR count). The predicted octanol–water partition coefficient (Wildman–Crippen LogP) is 1.54. The van der Waals surface area contributed by atoms with Crippen molar-refractivity contribution in [2.75, 3.05) is 0 Å². The number of hydrogen-bond donors (Lipinski definition) is 1. The monoisotopic (exact) mass is 261 g/mol. The fourth-order valence-corrected chi connectivity index (χ4v) is 1.65. The first-order valence-corrected chi connectivity index (χ1v) is 5.87. The smallest absolute Gasteiger partial charge is 0.309 e. The van der Waals surface area contributed by atoms with Crippen molar-refractivity contribution in [3.05, 3.63) is 28.2 Å². The Balaban J connectivity index is 2.73. The average Bonchev–Trinajstić information content (AvgIpc) is 2.31. The van der Waals surface area contributed by atoms with Crippen LogP contribution in [0.2, 0.25) is 0 Å². The van der Waals surface area contributed by atoms with E-state index in [0.717, 1.165) is 5.69 Å². The molecule has 0 aromatic carbocycles. The highest BCUT2D eigenvalue weighted by atomic mass is 16.5. The van der Waals surface area contributed by atoms with Gasteiger partial charge in [-0.3, -0.25) is 9.59 Å². The first-order valence-electron chi connectivity index (χ1n) is 5.87. The minimum Gasteiger partial charge on any atom is -0.404 e. The van der Waals surface area contributed by atoms with Crippen molar-refractivity contribution >= 4 is 16.9 Å². The summed E-state index contributed by atoms with van der Waals surface area (Å²) in [5.41, 5.74) is 0.552. The number of rotatable bonds is 1. The second-order valence-electron chi connectivity index (χ2n) is 5.29. The summed E-state index contributed by atoms with van der Waals surface area (Å²) >= 11 is 0. The van der Waals surface area contributed by atoms with Crippen molar-refractivity contribution in [2.24, 2.45) is 0 Å². The van der Waals surface area contributed by atoms with Crippen LogP contribution in [0.15, 0.2) is 16.9 Å². The summed E-state index contributed by atoms with van der Waals surface area (Å²) < 4.78 is 4.97. The molecule has 0 amide bonds. The fourth-order valence-electron chi connectivity index (χ4n) is 1.65. The minimum atomic E-state index is -0.510. The summed E-state index contributed by atoms with van der Waals surface area (Å²) in [5.74, 6) is -0.489. The van der Waals surface area contributed by atoms with Crippen LogP contribution >= 0.6 is 0 Å². The summed E-state index contributed by atoms with van der Waals surface area (Å²) in [4.78, 5) is 27.1. The van der Waals surface area contributed by atoms with E-state index < -0.39 is 5.97 Å². The van der Waals surface area contributed by atoms with Crippen molar-refractivity contribution < 1.29 is 9.53 Å². The molecule has 0 fully saturated rings. The third-order valence-corrected chi connectivity index (χ3v) is 2.61. The van der Waals surface area contributed by atoms with Crippen LogP contribution in [0.4, 0.5) is 0 Å². The van der Waals surface area contributed by atoms with Crippen LogP contribution in [0.3, 0.4) is 0 Å². The number of H-pyrrole nitrogens is 1. The van der Waals surface area contributed by atoms with Crippen LogP contribution in [-0.2, 0) is 10.2 Å². The Bertz CT molecular complexity index is 698. The molecule has 1 N–H and O–H groups in total. The second-order valence-corrected chi connectivity index (χ2v) is 5.29. The Morgan fingerprint density at radius 3 is 2.58 bits per heavy atom. The van der Waals surface area contributed by atoms with Crippen molar-refractivity contribution in [1.82, 2.24) is 15.2 Å². The first kappa shape index (κ1) is 13.2. The number of esters is 1. The van der Waals surface area contributed by atoms with E-state index in [1.807, 2.05) is 20.8 Å². The van der Waals surface area contributed by atoms with Gasteiger partial charge in [-0.25, -0.2) is 10.1 Å². The van der Waals surface area contributed by atoms with Crippen molar-refractivity contribution in [3.63, 3.8) is 0 Å². The molecule has 0 atom stereocenters. The molecule has 2 heterocycles. The lowest BCUT2D eigenvalue weighted by Gasteiger charge is -2.18. The van der Waals surface area contributed by atoms with E-state index in [4.69, 9.17) is 4.74 Å². The van der Waals surface area contributed by atoms with Crippen molar-refractivity contribution in [1.29, 1.82) is 0 Å². The molecule has 0 bridgehead atoms. The van der Waals surface area contributed by atoms with E-state index in [9.17, 15) is 9.59 Å². The van der Waals surface area contributed by atoms with Crippen LogP contribution in [0.25, 0.3) is 10.9 Å². The number of aromatic amines is 1. The number of nitrogens with one attached hydrogen (secondary N) is 1. The summed E-state index contributed by atoms with van der Waals surface area (Å²) in [5, 5.41) is 6.36. The number of fused-ring (bicyclic) bond motifs is 1. The highest BCUT2D eigenvalue weighted by Crippen LogP contribution is 2.24. The summed E-state index contributed by atoms with van der Waals surface area (Å²) in [6, 6.07) is 3.45. The van der Waals surface area contributed by atoms with Gasteiger partial charge in [0.1, 0.15) is 5.52 Å². The molecule has 0 spiro atoms. The Labute approximate surface area is 109 Å². The van der Waals surface area contributed by atoms with Gasteiger partial charge >= 0.3 is 5.97 Å². The Kier molecular flexibility index (Phi) is 3.09. The largest absolute Gasteiger partial charge is 0.404 e. The van der Waals surface area contributed by atoms with E-state index in [0.29, 0.717) is 10.9 Å². The number of carbonyl (C=O) groups excluding carboxylic acids is 1. The van der Waals surface area contributed by atoms with Crippen LogP contribution in [0.1, 0.15) is 33.4 Å². The van der Waals surface area contributed by atoms with Gasteiger partial charge in [-0.1, -0.05) is 20.8 Å². The predicted molar refractivity (Wildman–Crippen MR) is 70.2 cm³/mol. The van der Waals surface area contributed by atoms with Crippen LogP contribution in [0, 0.1) is 0 Å². The van der Waals surface area contributed by atoms with Gasteiger partial charge in [-0.05, 0) is 12.1 Å². The molecule has 19 heavy (non-hydrogen) atoms. The Morgan fingerprint density at radius 2 is 2.00 bits per heavy atom. The van der Waals surface area contributed by atoms with E-state index in [1.165, 1.54) is 6.92 Å². The highest BCUT2D eigenvalue weighted by Gasteiger charge is 2.18. The zero-order valence-corrected chi connectivity index (χ0v) is 11.3. The maximum Gasteiger partial charge on any atom is 0.309 e. The third kappa shape index (κ3) is 2.62. The molecule has 0 radical (unpaired) electrons. The second kappa shape index (κ2) is 4.46. The topological polar surface area (TPSA) is 84.9 Å². The number of pyridine rings is 1. The molecule has 0 unspecified atom stereocenters. The van der Waals surface area contributed by atoms with Crippen molar-refractivity contribution in [3.8, 4) is 5.88 Å². The van der Waals surface area contributed by atoms with Gasteiger partial charge < -0.3 is 4.74 Å². The molecule has 0 aliphatic heterocycles. The van der Waals surface area contributed by atoms with Crippen LogP contribution in [-0.4, -0.2) is 21.2 Å². The average molecular weight is 261 g/mol. The van der Waals surface area contributed by atoms with Crippen LogP contribution in [0.5, 0.6) is 5.88 Å². The molecular formula is C13H15N3O3. The maximum atomic E-state index is 11.7. The molecule has 0 saturated heterocycles. The first-order chi connectivity index (χ1) is 8.79. The lowest BCUT2D eigenvalue weighted by molar-refractivity contribution is -0.132. The molecule has 6 nitrogen and oxygen atoms in total. The molecule has 6 heteroatoms. The van der Waals surface area contributed by atoms with E-state index in [1.54, 1.807) is 12.1 Å². The Morgan fingerprint density at radius 1 is 1.32 bits per heavy atom. The fraction of sp³-hybridized carbons (Fsp3) is 0.385. The number of nitrogens with zero attached hydrogens (tertiary/aromatic N) is 2. The highest BCUT2D eigenvalue weighted by molar-refractivity contribution is 5.84. The normalized spacial score (nSPS) is 11.6. The standard InChI is InChI=1S/C13H15N3O3/c1-7(17)19-12-10-8(11(18)15-16-12)5-6-9(14-10)13(2,3)4/h5-6H,1-4H3,(H,15,18). The zero-order valence-electron chi connectivity index (χ0n) is 11.3. The van der Waals surface area contributed by atoms with E-state index in [-0.39, 0.29) is 16.9 Å². The van der Waals surface area contributed by atoms with Gasteiger partial charge in [-0.15, -0.1) is 5.10 Å². The molecule has 0 aliphatic carbocycles. The van der Waals surface area contributed by atoms with Gasteiger partial charge in [0.25, 0.3) is 11.4 Å². The Hall–Kier alpha value is -2.24. The summed E-state index contributed by atoms with van der Waals surface area (Å²) in [6.45, 7) is 7.29. The minimum absolute atomic E-state index is 0.0215. The molecule has 2 aromatic rings. The molecular weight excluding hydrogens is 246 g/mol. The number of aromatic nitrogens is 3. The van der Waals surface area contributed by atoms with E-state index in [2.05, 4.69) is 15.2 Å². The number of ether oxygens (including phenoxy) is 1. The quantitative estimate of drug-likeness (QED) is 0.787. The lowest BCUT2D eigenvalue weighted by atomic mass is 9.91. The van der Waals surface area contributed by atoms with E-state index >= 15 is 0 Å². The van der Waals surface area contributed by atoms with Gasteiger partial charge in [0.2, 0.25) is 0 Å². The number of hydrogen-bond acceptors (Lipinski definition) is 5. The van der Waals surface area contributed by atoms with Crippen molar-refractivity contribution in [2.45, 2.75) is 33.1 Å². The van der Waals surface area contributed by atoms with Gasteiger partial charge in [0.05, 0.1) is 5.39 Å². The third-order valence-electron chi connectivity index (χ3n) is 2.61. The summed E-state index contributed by atoms with van der Waals surface area (Å²) in [7, 11) is 0. The number of carbonyl (C=O) groups is 1. The molecule has 0 saturated carbocycles. The van der Waals surface area contributed by atoms with Gasteiger partial charge in [0, 0.05) is 18.0 Å². The molecule has 2 aromatic heterocycles. The zero-order chi connectivity index (χ0) is 14.2. The lowest BCUT2D eigenvalue weighted by Crippen LogP contribution is -2.17. The van der Waals surface area contributed by atoms with Crippen LogP contribution < -0.4 is 10.3 Å². The molecule has 100 valence electrons. The maximum absolute atomic E-state index is 11.7. The van der Waals surface area contributed by atoms with Gasteiger partial charge in [0.15, 0.2) is 0 Å². The SMILES string of the molecule is CC(=O)Oc1n[nH]c(=O)c2ccc(C(C)(C)C)nc12. The molecule has 0 aliphatic rings. The van der Waals surface area contributed by atoms with Gasteiger partial charge in [-0.2, -0.15) is 0 Å². The summed E-state index contributed by atoms with van der Waals surface area (Å²) in [6.07, 6.45) is 0.